The monoisotopic (exact) mass is 321 g/mol. The van der Waals surface area contributed by atoms with Crippen molar-refractivity contribution in [3.05, 3.63) is 0 Å². The Hall–Kier alpha value is 0.960. The van der Waals surface area contributed by atoms with Gasteiger partial charge in [-0.1, -0.05) is 103 Å². The van der Waals surface area contributed by atoms with Crippen molar-refractivity contribution in [1.82, 2.24) is 0 Å². The fraction of sp³-hybridized carbons (Fsp3) is 1.00. The Balaban J connectivity index is 0. The van der Waals surface area contributed by atoms with Gasteiger partial charge in [0.2, 0.25) is 0 Å². The van der Waals surface area contributed by atoms with E-state index in [4.69, 9.17) is 5.73 Å². The molecule has 0 fully saturated rings. The van der Waals surface area contributed by atoms with Crippen LogP contribution in [0.4, 0.5) is 0 Å². The Morgan fingerprint density at radius 3 is 1.09 bits per heavy atom. The van der Waals surface area contributed by atoms with E-state index in [-0.39, 0.29) is 35.1 Å². The molecule has 0 aromatic rings. The maximum absolute atomic E-state index is 5.99. The van der Waals surface area contributed by atoms with Crippen LogP contribution in [0.1, 0.15) is 124 Å². The molecule has 0 saturated carbocycles. The summed E-state index contributed by atoms with van der Waals surface area (Å²) < 4.78 is 0. The van der Waals surface area contributed by atoms with Gasteiger partial charge in [-0.15, -0.1) is 0 Å². The molecule has 0 bridgehead atoms. The first-order valence-corrected chi connectivity index (χ1v) is 9.85. The van der Waals surface area contributed by atoms with Crippen LogP contribution in [0.2, 0.25) is 0 Å². The molecule has 0 unspecified atom stereocenters. The van der Waals surface area contributed by atoms with Crippen molar-refractivity contribution in [2.24, 2.45) is 5.73 Å². The molecule has 2 heteroatoms. The summed E-state index contributed by atoms with van der Waals surface area (Å²) in [5, 5.41) is 0. The van der Waals surface area contributed by atoms with E-state index >= 15 is 0 Å². The molecule has 1 nitrogen and oxygen atoms in total. The zero-order valence-corrected chi connectivity index (χ0v) is 15.4. The van der Waals surface area contributed by atoms with Crippen LogP contribution in [0.3, 0.4) is 0 Å². The molecule has 0 aromatic carbocycles. The molecule has 0 atom stereocenters. The van der Waals surface area contributed by atoms with Gasteiger partial charge in [-0.25, -0.2) is 0 Å². The average molecular weight is 322 g/mol. The third-order valence-electron chi connectivity index (χ3n) is 4.42. The summed E-state index contributed by atoms with van der Waals surface area (Å²) in [5.41, 5.74) is 6.03. The Bertz CT molecular complexity index is 198. The summed E-state index contributed by atoms with van der Waals surface area (Å²) in [4.78, 5) is 0. The maximum atomic E-state index is 5.99. The van der Waals surface area contributed by atoms with E-state index in [0.717, 1.165) is 0 Å². The molecule has 0 heterocycles. The van der Waals surface area contributed by atoms with Crippen LogP contribution in [-0.4, -0.2) is 35.1 Å². The van der Waals surface area contributed by atoms with Gasteiger partial charge < -0.3 is 5.73 Å². The van der Waals surface area contributed by atoms with Crippen molar-refractivity contribution in [2.75, 3.05) is 0 Å². The average Bonchev–Trinajstić information content (AvgIpc) is 2.42. The number of hydrogen-bond donors (Lipinski definition) is 1. The van der Waals surface area contributed by atoms with Crippen molar-refractivity contribution >= 4 is 29.6 Å². The Morgan fingerprint density at radius 1 is 0.545 bits per heavy atom. The molecule has 0 aromatic heterocycles. The predicted octanol–water partition coefficient (Wildman–Crippen LogP) is 6.34. The summed E-state index contributed by atoms with van der Waals surface area (Å²) in [6.07, 6.45) is 22.7. The van der Waals surface area contributed by atoms with E-state index in [1.807, 2.05) is 0 Å². The van der Waals surface area contributed by atoms with Gasteiger partial charge in [-0.2, -0.15) is 0 Å². The van der Waals surface area contributed by atoms with Gasteiger partial charge in [-0.3, -0.25) is 0 Å². The van der Waals surface area contributed by atoms with Crippen molar-refractivity contribution in [3.8, 4) is 0 Å². The zero-order chi connectivity index (χ0) is 15.8. The van der Waals surface area contributed by atoms with Crippen LogP contribution in [-0.2, 0) is 0 Å². The van der Waals surface area contributed by atoms with Gasteiger partial charge in [0, 0.05) is 5.54 Å². The summed E-state index contributed by atoms with van der Waals surface area (Å²) in [7, 11) is 0. The standard InChI is InChI=1S/C20H43N.Na.H/c1-4-5-6-7-8-9-10-11-12-13-14-15-16-17-18-19-20(2,3)21;;/h4-19,21H2,1-3H3;;. The second-order valence-corrected chi connectivity index (χ2v) is 7.69. The first-order chi connectivity index (χ1) is 10.1. The first kappa shape index (κ1) is 25.2. The van der Waals surface area contributed by atoms with Crippen molar-refractivity contribution in [1.29, 1.82) is 0 Å². The molecule has 0 radical (unpaired) electrons. The van der Waals surface area contributed by atoms with E-state index < -0.39 is 0 Å². The molecule has 130 valence electrons. The molecule has 0 amide bonds. The van der Waals surface area contributed by atoms with Gasteiger partial charge in [0.05, 0.1) is 0 Å². The predicted molar refractivity (Wildman–Crippen MR) is 105 cm³/mol. The van der Waals surface area contributed by atoms with Gasteiger partial charge in [0.1, 0.15) is 0 Å². The third kappa shape index (κ3) is 23.2. The molecule has 0 aliphatic carbocycles. The quantitative estimate of drug-likeness (QED) is 0.260. The zero-order valence-electron chi connectivity index (χ0n) is 15.4. The summed E-state index contributed by atoms with van der Waals surface area (Å²) >= 11 is 0. The van der Waals surface area contributed by atoms with Crippen LogP contribution >= 0.6 is 0 Å². The first-order valence-electron chi connectivity index (χ1n) is 9.85. The van der Waals surface area contributed by atoms with E-state index in [0.29, 0.717) is 0 Å². The summed E-state index contributed by atoms with van der Waals surface area (Å²) in [5.74, 6) is 0. The van der Waals surface area contributed by atoms with Crippen molar-refractivity contribution in [3.63, 3.8) is 0 Å². The summed E-state index contributed by atoms with van der Waals surface area (Å²) in [6.45, 7) is 6.56. The molecule has 0 spiro atoms. The minimum atomic E-state index is 0. The van der Waals surface area contributed by atoms with Gasteiger partial charge in [0.25, 0.3) is 0 Å². The number of hydrogen-bond acceptors (Lipinski definition) is 1. The fourth-order valence-corrected chi connectivity index (χ4v) is 2.95. The van der Waals surface area contributed by atoms with Crippen molar-refractivity contribution < 1.29 is 0 Å². The van der Waals surface area contributed by atoms with Crippen molar-refractivity contribution in [2.45, 2.75) is 129 Å². The number of rotatable bonds is 16. The van der Waals surface area contributed by atoms with Crippen LogP contribution < -0.4 is 5.73 Å². The Morgan fingerprint density at radius 2 is 0.818 bits per heavy atom. The topological polar surface area (TPSA) is 26.0 Å². The number of nitrogens with two attached hydrogens (primary N) is 1. The molecule has 0 saturated heterocycles. The van der Waals surface area contributed by atoms with Crippen LogP contribution in [0, 0.1) is 0 Å². The third-order valence-corrected chi connectivity index (χ3v) is 4.42. The van der Waals surface area contributed by atoms with Gasteiger partial charge >= 0.3 is 29.6 Å². The fourth-order valence-electron chi connectivity index (χ4n) is 2.95. The number of unbranched alkanes of at least 4 members (excludes halogenated alkanes) is 14. The Labute approximate surface area is 163 Å². The minimum absolute atomic E-state index is 0. The van der Waals surface area contributed by atoms with Crippen LogP contribution in [0.15, 0.2) is 0 Å². The second-order valence-electron chi connectivity index (χ2n) is 7.69. The molecule has 0 rings (SSSR count). The van der Waals surface area contributed by atoms with E-state index in [2.05, 4.69) is 20.8 Å². The molecule has 2 N–H and O–H groups in total. The van der Waals surface area contributed by atoms with Gasteiger partial charge in [-0.05, 0) is 20.3 Å². The molecular weight excluding hydrogens is 277 g/mol. The molecule has 22 heavy (non-hydrogen) atoms. The normalized spacial score (nSPS) is 11.5. The second kappa shape index (κ2) is 18.3. The summed E-state index contributed by atoms with van der Waals surface area (Å²) in [6, 6.07) is 0. The molecular formula is C20H44NNa. The van der Waals surface area contributed by atoms with E-state index in [9.17, 15) is 0 Å². The van der Waals surface area contributed by atoms with E-state index in [1.165, 1.54) is 103 Å². The van der Waals surface area contributed by atoms with E-state index in [1.54, 1.807) is 0 Å². The molecule has 0 aliphatic rings. The van der Waals surface area contributed by atoms with Crippen LogP contribution in [0.5, 0.6) is 0 Å². The SMILES string of the molecule is CCCCCCCCCCCCCCCCCC(C)(C)N.[NaH]. The van der Waals surface area contributed by atoms with Gasteiger partial charge in [0.15, 0.2) is 0 Å². The van der Waals surface area contributed by atoms with Crippen LogP contribution in [0.25, 0.3) is 0 Å². The Kier molecular flexibility index (Phi) is 21.0. The molecule has 0 aliphatic heterocycles.